The molecule has 2 N–H and O–H groups in total. The van der Waals surface area contributed by atoms with Crippen LogP contribution in [0, 0.1) is 6.92 Å². The number of hydrogen-bond acceptors (Lipinski definition) is 2. The van der Waals surface area contributed by atoms with Crippen molar-refractivity contribution < 1.29 is 4.57 Å². The number of likely N-dealkylation sites (N-methyl/N-ethyl adjacent to an activating group) is 1. The highest BCUT2D eigenvalue weighted by Gasteiger charge is 2.00. The summed E-state index contributed by atoms with van der Waals surface area (Å²) in [5.74, 6) is 0. The van der Waals surface area contributed by atoms with E-state index in [9.17, 15) is 0 Å². The van der Waals surface area contributed by atoms with Crippen molar-refractivity contribution in [2.45, 2.75) is 6.92 Å². The van der Waals surface area contributed by atoms with E-state index < -0.39 is 0 Å². The zero-order valence-electron chi connectivity index (χ0n) is 8.59. The second kappa shape index (κ2) is 4.82. The normalized spacial score (nSPS) is 10.1. The predicted octanol–water partition coefficient (Wildman–Crippen LogP) is 0.451. The first kappa shape index (κ1) is 9.99. The lowest BCUT2D eigenvalue weighted by atomic mass is 10.3. The average molecular weight is 180 g/mol. The molecule has 0 fully saturated rings. The van der Waals surface area contributed by atoms with Crippen LogP contribution in [0.25, 0.3) is 0 Å². The highest BCUT2D eigenvalue weighted by molar-refractivity contribution is 5.41. The van der Waals surface area contributed by atoms with Crippen LogP contribution in [0.5, 0.6) is 0 Å². The Labute approximate surface area is 79.8 Å². The molecule has 0 aromatic carbocycles. The Bertz CT molecular complexity index is 271. The quantitative estimate of drug-likeness (QED) is 0.520. The average Bonchev–Trinajstić information content (AvgIpc) is 2.12. The number of anilines is 1. The summed E-state index contributed by atoms with van der Waals surface area (Å²) in [6.45, 7) is 4.05. The van der Waals surface area contributed by atoms with Gasteiger partial charge in [-0.25, -0.2) is 4.57 Å². The van der Waals surface area contributed by atoms with E-state index >= 15 is 0 Å². The van der Waals surface area contributed by atoms with Crippen LogP contribution in [-0.4, -0.2) is 20.1 Å². The molecule has 0 radical (unpaired) electrons. The number of hydrogen-bond donors (Lipinski definition) is 2. The van der Waals surface area contributed by atoms with Gasteiger partial charge in [0.05, 0.1) is 0 Å². The molecule has 0 spiro atoms. The second-order valence-corrected chi connectivity index (χ2v) is 3.20. The lowest BCUT2D eigenvalue weighted by Gasteiger charge is -2.05. The number of nitrogens with one attached hydrogen (secondary N) is 2. The van der Waals surface area contributed by atoms with E-state index in [1.807, 2.05) is 14.1 Å². The Hall–Kier alpha value is -1.09. The van der Waals surface area contributed by atoms with Crippen LogP contribution in [0.2, 0.25) is 0 Å². The van der Waals surface area contributed by atoms with Crippen LogP contribution < -0.4 is 15.2 Å². The minimum atomic E-state index is 0.962. The van der Waals surface area contributed by atoms with Crippen molar-refractivity contribution in [1.82, 2.24) is 5.32 Å². The predicted molar refractivity (Wildman–Crippen MR) is 54.8 cm³/mol. The topological polar surface area (TPSA) is 27.9 Å². The minimum Gasteiger partial charge on any atom is -0.383 e. The van der Waals surface area contributed by atoms with Gasteiger partial charge in [-0.15, -0.1) is 0 Å². The lowest BCUT2D eigenvalue weighted by Crippen LogP contribution is -2.31. The Balaban J connectivity index is 2.53. The fraction of sp³-hybridized carbons (Fsp3) is 0.500. The smallest absolute Gasteiger partial charge is 0.180 e. The summed E-state index contributed by atoms with van der Waals surface area (Å²) in [5.41, 5.74) is 2.44. The van der Waals surface area contributed by atoms with Crippen LogP contribution in [0.1, 0.15) is 5.69 Å². The third kappa shape index (κ3) is 3.03. The first-order chi connectivity index (χ1) is 6.24. The maximum Gasteiger partial charge on any atom is 0.180 e. The van der Waals surface area contributed by atoms with Crippen LogP contribution in [0.4, 0.5) is 5.69 Å². The summed E-state index contributed by atoms with van der Waals surface area (Å²) in [6.07, 6.45) is 2.07. The maximum absolute atomic E-state index is 3.34. The lowest BCUT2D eigenvalue weighted by molar-refractivity contribution is -0.677. The fourth-order valence-electron chi connectivity index (χ4n) is 1.13. The van der Waals surface area contributed by atoms with E-state index in [-0.39, 0.29) is 0 Å². The molecule has 0 aliphatic heterocycles. The zero-order valence-corrected chi connectivity index (χ0v) is 8.59. The highest BCUT2D eigenvalue weighted by atomic mass is 15.0. The summed E-state index contributed by atoms with van der Waals surface area (Å²) >= 11 is 0. The van der Waals surface area contributed by atoms with Crippen molar-refractivity contribution >= 4 is 5.69 Å². The minimum absolute atomic E-state index is 0.962. The third-order valence-corrected chi connectivity index (χ3v) is 2.10. The van der Waals surface area contributed by atoms with Gasteiger partial charge in [0.2, 0.25) is 0 Å². The molecule has 0 saturated carbocycles. The molecular formula is C10H18N3+. The SMILES string of the molecule is CNCCNc1cc[n+](C)c(C)c1. The zero-order chi connectivity index (χ0) is 9.68. The van der Waals surface area contributed by atoms with Gasteiger partial charge >= 0.3 is 0 Å². The van der Waals surface area contributed by atoms with Crippen LogP contribution >= 0.6 is 0 Å². The Morgan fingerprint density at radius 2 is 2.15 bits per heavy atom. The molecule has 0 aliphatic rings. The third-order valence-electron chi connectivity index (χ3n) is 2.10. The van der Waals surface area contributed by atoms with Crippen molar-refractivity contribution in [3.63, 3.8) is 0 Å². The second-order valence-electron chi connectivity index (χ2n) is 3.20. The van der Waals surface area contributed by atoms with Gasteiger partial charge in [0.1, 0.15) is 7.05 Å². The first-order valence-corrected chi connectivity index (χ1v) is 4.59. The summed E-state index contributed by atoms with van der Waals surface area (Å²) in [5, 5.41) is 6.43. The molecule has 0 atom stereocenters. The molecular weight excluding hydrogens is 162 g/mol. The van der Waals surface area contributed by atoms with Crippen molar-refractivity contribution in [3.05, 3.63) is 24.0 Å². The number of nitrogens with zero attached hydrogens (tertiary/aromatic N) is 1. The van der Waals surface area contributed by atoms with Gasteiger partial charge in [-0.2, -0.15) is 0 Å². The fourth-order valence-corrected chi connectivity index (χ4v) is 1.13. The van der Waals surface area contributed by atoms with Crippen molar-refractivity contribution in [1.29, 1.82) is 0 Å². The molecule has 0 aliphatic carbocycles. The molecule has 72 valence electrons. The Morgan fingerprint density at radius 1 is 1.38 bits per heavy atom. The Kier molecular flexibility index (Phi) is 3.71. The van der Waals surface area contributed by atoms with Crippen molar-refractivity contribution in [2.24, 2.45) is 7.05 Å². The first-order valence-electron chi connectivity index (χ1n) is 4.59. The Morgan fingerprint density at radius 3 is 2.77 bits per heavy atom. The molecule has 1 aromatic heterocycles. The molecule has 3 heteroatoms. The van der Waals surface area contributed by atoms with E-state index in [1.165, 1.54) is 11.4 Å². The van der Waals surface area contributed by atoms with E-state index in [0.29, 0.717) is 0 Å². The van der Waals surface area contributed by atoms with Gasteiger partial charge in [-0.3, -0.25) is 0 Å². The van der Waals surface area contributed by atoms with Gasteiger partial charge in [-0.1, -0.05) is 0 Å². The molecule has 0 amide bonds. The van der Waals surface area contributed by atoms with Gasteiger partial charge in [0.25, 0.3) is 0 Å². The molecule has 1 heterocycles. The number of pyridine rings is 1. The van der Waals surface area contributed by atoms with E-state index in [2.05, 4.69) is 40.5 Å². The van der Waals surface area contributed by atoms with Gasteiger partial charge < -0.3 is 10.6 Å². The molecule has 0 saturated heterocycles. The van der Waals surface area contributed by atoms with Crippen molar-refractivity contribution in [3.8, 4) is 0 Å². The summed E-state index contributed by atoms with van der Waals surface area (Å²) in [4.78, 5) is 0. The maximum atomic E-state index is 3.34. The summed E-state index contributed by atoms with van der Waals surface area (Å²) in [6, 6.07) is 4.23. The molecule has 1 aromatic rings. The largest absolute Gasteiger partial charge is 0.383 e. The van der Waals surface area contributed by atoms with Crippen LogP contribution in [0.15, 0.2) is 18.3 Å². The monoisotopic (exact) mass is 180 g/mol. The van der Waals surface area contributed by atoms with E-state index in [0.717, 1.165) is 13.1 Å². The van der Waals surface area contributed by atoms with Gasteiger partial charge in [0.15, 0.2) is 11.9 Å². The standard InChI is InChI=1S/C10H17N3/c1-9-8-10(4-7-13(9)3)12-6-5-11-2/h4,7-8,11H,5-6H2,1-3H3/p+1. The number of aryl methyl sites for hydroxylation is 2. The number of aromatic nitrogens is 1. The highest BCUT2D eigenvalue weighted by Crippen LogP contribution is 2.04. The summed E-state index contributed by atoms with van der Waals surface area (Å²) < 4.78 is 2.10. The van der Waals surface area contributed by atoms with E-state index in [1.54, 1.807) is 0 Å². The van der Waals surface area contributed by atoms with Gasteiger partial charge in [0, 0.05) is 37.8 Å². The molecule has 13 heavy (non-hydrogen) atoms. The molecule has 3 nitrogen and oxygen atoms in total. The van der Waals surface area contributed by atoms with Crippen LogP contribution in [-0.2, 0) is 7.05 Å². The molecule has 0 bridgehead atoms. The van der Waals surface area contributed by atoms with Crippen LogP contribution in [0.3, 0.4) is 0 Å². The van der Waals surface area contributed by atoms with E-state index in [4.69, 9.17) is 0 Å². The summed E-state index contributed by atoms with van der Waals surface area (Å²) in [7, 11) is 4.00. The van der Waals surface area contributed by atoms with Crippen molar-refractivity contribution in [2.75, 3.05) is 25.5 Å². The number of rotatable bonds is 4. The molecule has 0 unspecified atom stereocenters. The molecule has 1 rings (SSSR count). The van der Waals surface area contributed by atoms with Gasteiger partial charge in [-0.05, 0) is 7.05 Å².